The molecule has 0 N–H and O–H groups in total. The Kier molecular flexibility index (Phi) is 8.29. The second-order valence-electron chi connectivity index (χ2n) is 9.16. The third kappa shape index (κ3) is 6.15. The summed E-state index contributed by atoms with van der Waals surface area (Å²) in [4.78, 5) is 0. The molecule has 0 spiro atoms. The van der Waals surface area contributed by atoms with Crippen molar-refractivity contribution in [3.05, 3.63) is 101 Å². The van der Waals surface area contributed by atoms with Gasteiger partial charge >= 0.3 is 0 Å². The molecule has 0 aliphatic heterocycles. The van der Waals surface area contributed by atoms with E-state index in [0.717, 1.165) is 18.4 Å². The summed E-state index contributed by atoms with van der Waals surface area (Å²) in [5.41, 5.74) is 2.91. The van der Waals surface area contributed by atoms with Crippen LogP contribution in [0.25, 0.3) is 11.1 Å². The Morgan fingerprint density at radius 1 is 0.914 bits per heavy atom. The normalized spacial score (nSPS) is 17.8. The zero-order valence-electron chi connectivity index (χ0n) is 20.0. The van der Waals surface area contributed by atoms with Crippen molar-refractivity contribution in [1.29, 1.82) is 0 Å². The van der Waals surface area contributed by atoms with E-state index >= 15 is 0 Å². The fraction of sp³-hybridized carbons (Fsp3) is 0.333. The molecule has 4 rings (SSSR count). The van der Waals surface area contributed by atoms with Crippen molar-refractivity contribution in [3.63, 3.8) is 0 Å². The maximum Gasteiger partial charge on any atom is 0.166 e. The van der Waals surface area contributed by atoms with Crippen LogP contribution in [0.4, 0.5) is 13.2 Å². The zero-order valence-corrected chi connectivity index (χ0v) is 20.0. The van der Waals surface area contributed by atoms with Crippen molar-refractivity contribution in [2.75, 3.05) is 6.61 Å². The van der Waals surface area contributed by atoms with Gasteiger partial charge in [-0.2, -0.15) is 0 Å². The second kappa shape index (κ2) is 11.6. The summed E-state index contributed by atoms with van der Waals surface area (Å²) >= 11 is 0. The maximum absolute atomic E-state index is 15.0. The molecule has 184 valence electrons. The lowest BCUT2D eigenvalue weighted by Gasteiger charge is -2.29. The van der Waals surface area contributed by atoms with Gasteiger partial charge in [-0.15, -0.1) is 6.58 Å². The number of rotatable bonds is 9. The molecule has 0 atom stereocenters. The van der Waals surface area contributed by atoms with E-state index in [0.29, 0.717) is 48.3 Å². The van der Waals surface area contributed by atoms with Gasteiger partial charge in [-0.25, -0.2) is 13.2 Å². The molecular weight excluding hydrogens is 449 g/mol. The molecule has 5 heteroatoms. The first kappa shape index (κ1) is 25.1. The smallest absolute Gasteiger partial charge is 0.166 e. The number of hydrogen-bond acceptors (Lipinski definition) is 2. The minimum Gasteiger partial charge on any atom is -0.493 e. The van der Waals surface area contributed by atoms with E-state index in [2.05, 4.69) is 6.58 Å². The molecule has 0 radical (unpaired) electrons. The van der Waals surface area contributed by atoms with E-state index < -0.39 is 11.6 Å². The summed E-state index contributed by atoms with van der Waals surface area (Å²) in [5, 5.41) is 0. The van der Waals surface area contributed by atoms with E-state index in [4.69, 9.17) is 9.47 Å². The molecule has 0 bridgehead atoms. The maximum atomic E-state index is 15.0. The van der Waals surface area contributed by atoms with Crippen LogP contribution < -0.4 is 4.74 Å². The summed E-state index contributed by atoms with van der Waals surface area (Å²) in [6, 6.07) is 15.6. The molecule has 1 fully saturated rings. The van der Waals surface area contributed by atoms with Gasteiger partial charge < -0.3 is 9.47 Å². The molecular formula is C30H31F3O2. The van der Waals surface area contributed by atoms with E-state index in [9.17, 15) is 13.2 Å². The number of ether oxygens (including phenoxy) is 2. The Morgan fingerprint density at radius 2 is 1.66 bits per heavy atom. The van der Waals surface area contributed by atoms with E-state index in [-0.39, 0.29) is 30.0 Å². The van der Waals surface area contributed by atoms with Gasteiger partial charge in [0.25, 0.3) is 0 Å². The van der Waals surface area contributed by atoms with Crippen molar-refractivity contribution < 1.29 is 22.6 Å². The fourth-order valence-corrected chi connectivity index (χ4v) is 4.58. The zero-order chi connectivity index (χ0) is 24.8. The van der Waals surface area contributed by atoms with Crippen LogP contribution in [0.1, 0.15) is 54.7 Å². The van der Waals surface area contributed by atoms with Gasteiger partial charge in [-0.05, 0) is 62.1 Å². The molecule has 35 heavy (non-hydrogen) atoms. The largest absolute Gasteiger partial charge is 0.493 e. The summed E-state index contributed by atoms with van der Waals surface area (Å²) in [6.45, 7) is 6.22. The monoisotopic (exact) mass is 480 g/mol. The average molecular weight is 481 g/mol. The van der Waals surface area contributed by atoms with Crippen molar-refractivity contribution >= 4 is 0 Å². The van der Waals surface area contributed by atoms with Crippen molar-refractivity contribution in [2.24, 2.45) is 0 Å². The van der Waals surface area contributed by atoms with Crippen LogP contribution in [0, 0.1) is 24.4 Å². The van der Waals surface area contributed by atoms with E-state index in [1.54, 1.807) is 30.3 Å². The molecule has 0 heterocycles. The topological polar surface area (TPSA) is 18.5 Å². The van der Waals surface area contributed by atoms with Crippen LogP contribution in [-0.2, 0) is 11.3 Å². The highest BCUT2D eigenvalue weighted by atomic mass is 19.2. The third-order valence-corrected chi connectivity index (χ3v) is 6.68. The predicted octanol–water partition coefficient (Wildman–Crippen LogP) is 8.28. The van der Waals surface area contributed by atoms with Crippen LogP contribution in [-0.4, -0.2) is 12.7 Å². The molecule has 3 aromatic carbocycles. The van der Waals surface area contributed by atoms with E-state index in [1.165, 1.54) is 6.07 Å². The van der Waals surface area contributed by atoms with Gasteiger partial charge in [-0.1, -0.05) is 54.1 Å². The van der Waals surface area contributed by atoms with E-state index in [1.807, 2.05) is 31.2 Å². The highest BCUT2D eigenvalue weighted by molar-refractivity contribution is 5.65. The minimum atomic E-state index is -0.794. The molecule has 1 aliphatic rings. The standard InChI is InChI=1S/C30H31F3O2/c1-3-4-17-34-25-14-11-23(28(31)18-25)19-35-24-12-9-22(10-13-24)27-16-15-26(29(32)30(27)33)21-7-5-20(2)6-8-21/h3,5-8,11,14-16,18,22,24H,1,4,9-10,12-13,17,19H2,2H3. The van der Waals surface area contributed by atoms with Crippen molar-refractivity contribution in [1.82, 2.24) is 0 Å². The summed E-state index contributed by atoms with van der Waals surface area (Å²) < 4.78 is 55.7. The van der Waals surface area contributed by atoms with Crippen LogP contribution in [0.2, 0.25) is 0 Å². The fourth-order valence-electron chi connectivity index (χ4n) is 4.58. The number of benzene rings is 3. The first-order chi connectivity index (χ1) is 17.0. The number of aryl methyl sites for hydroxylation is 1. The minimum absolute atomic E-state index is 0.0334. The first-order valence-corrected chi connectivity index (χ1v) is 12.1. The Morgan fingerprint density at radius 3 is 2.34 bits per heavy atom. The van der Waals surface area contributed by atoms with Crippen LogP contribution in [0.15, 0.2) is 67.3 Å². The number of hydrogen-bond donors (Lipinski definition) is 0. The Hall–Kier alpha value is -3.05. The Labute approximate surface area is 205 Å². The molecule has 0 unspecified atom stereocenters. The first-order valence-electron chi connectivity index (χ1n) is 12.1. The summed E-state index contributed by atoms with van der Waals surface area (Å²) in [7, 11) is 0. The molecule has 0 aromatic heterocycles. The van der Waals surface area contributed by atoms with Gasteiger partial charge in [0.05, 0.1) is 19.3 Å². The van der Waals surface area contributed by atoms with Crippen molar-refractivity contribution in [3.8, 4) is 16.9 Å². The average Bonchev–Trinajstić information content (AvgIpc) is 2.86. The second-order valence-corrected chi connectivity index (χ2v) is 9.16. The molecule has 0 saturated heterocycles. The summed E-state index contributed by atoms with van der Waals surface area (Å²) in [6.07, 6.45) is 5.24. The van der Waals surface area contributed by atoms with Gasteiger partial charge in [-0.3, -0.25) is 0 Å². The SMILES string of the molecule is C=CCCOc1ccc(COC2CCC(c3ccc(-c4ccc(C)cc4)c(F)c3F)CC2)c(F)c1. The lowest BCUT2D eigenvalue weighted by molar-refractivity contribution is 0.0118. The lowest BCUT2D eigenvalue weighted by atomic mass is 9.82. The number of halogens is 3. The lowest BCUT2D eigenvalue weighted by Crippen LogP contribution is -2.21. The van der Waals surface area contributed by atoms with Crippen molar-refractivity contribution in [2.45, 2.75) is 57.7 Å². The molecule has 3 aromatic rings. The summed E-state index contributed by atoms with van der Waals surface area (Å²) in [5.74, 6) is -1.49. The van der Waals surface area contributed by atoms with Gasteiger partial charge in [0.2, 0.25) is 0 Å². The highest BCUT2D eigenvalue weighted by Crippen LogP contribution is 2.38. The van der Waals surface area contributed by atoms with Crippen LogP contribution in [0.5, 0.6) is 5.75 Å². The van der Waals surface area contributed by atoms with Gasteiger partial charge in [0, 0.05) is 17.2 Å². The predicted molar refractivity (Wildman–Crippen MR) is 133 cm³/mol. The molecule has 0 amide bonds. The van der Waals surface area contributed by atoms with Gasteiger partial charge in [0.15, 0.2) is 11.6 Å². The quantitative estimate of drug-likeness (QED) is 0.227. The van der Waals surface area contributed by atoms with Crippen LogP contribution >= 0.6 is 0 Å². The van der Waals surface area contributed by atoms with Crippen LogP contribution in [0.3, 0.4) is 0 Å². The molecule has 2 nitrogen and oxygen atoms in total. The Bertz CT molecular complexity index is 1150. The van der Waals surface area contributed by atoms with Gasteiger partial charge in [0.1, 0.15) is 11.6 Å². The third-order valence-electron chi connectivity index (χ3n) is 6.68. The molecule has 1 saturated carbocycles. The molecule has 1 aliphatic carbocycles. The Balaban J connectivity index is 1.32. The highest BCUT2D eigenvalue weighted by Gasteiger charge is 2.27.